The van der Waals surface area contributed by atoms with Crippen molar-refractivity contribution in [2.75, 3.05) is 18.0 Å². The van der Waals surface area contributed by atoms with Crippen LogP contribution >= 0.6 is 0 Å². The van der Waals surface area contributed by atoms with E-state index in [4.69, 9.17) is 9.52 Å². The van der Waals surface area contributed by atoms with Gasteiger partial charge in [0.1, 0.15) is 5.76 Å². The van der Waals surface area contributed by atoms with Crippen molar-refractivity contribution in [2.45, 2.75) is 52.4 Å². The van der Waals surface area contributed by atoms with Crippen LogP contribution in [0.15, 0.2) is 16.5 Å². The molecule has 0 aliphatic carbocycles. The summed E-state index contributed by atoms with van der Waals surface area (Å²) in [6.45, 7) is 6.36. The number of carboxylic acid groups (broad SMARTS) is 1. The first-order valence-corrected chi connectivity index (χ1v) is 7.22. The van der Waals surface area contributed by atoms with Crippen LogP contribution in [0.4, 0.5) is 5.88 Å². The van der Waals surface area contributed by atoms with E-state index in [-0.39, 0.29) is 6.42 Å². The summed E-state index contributed by atoms with van der Waals surface area (Å²) in [5, 5.41) is 8.67. The highest BCUT2D eigenvalue weighted by atomic mass is 16.4. The van der Waals surface area contributed by atoms with Gasteiger partial charge in [-0.3, -0.25) is 4.79 Å². The quantitative estimate of drug-likeness (QED) is 0.702. The molecule has 108 valence electrons. The molecule has 1 aromatic heterocycles. The SMILES string of the molecule is CCCCN(CCCC)c1ccc(CCC(=O)O)o1. The molecule has 0 unspecified atom stereocenters. The standard InChI is InChI=1S/C15H25NO3/c1-3-5-11-16(12-6-4-2)14-9-7-13(19-14)8-10-15(17)18/h7,9H,3-6,8,10-12H2,1-2H3,(H,17,18). The fourth-order valence-electron chi connectivity index (χ4n) is 1.93. The van der Waals surface area contributed by atoms with Crippen LogP contribution in [0, 0.1) is 0 Å². The first-order chi connectivity index (χ1) is 9.17. The lowest BCUT2D eigenvalue weighted by Gasteiger charge is -2.21. The second-order valence-electron chi connectivity index (χ2n) is 4.83. The second-order valence-corrected chi connectivity index (χ2v) is 4.83. The molecular weight excluding hydrogens is 242 g/mol. The van der Waals surface area contributed by atoms with E-state index in [9.17, 15) is 4.79 Å². The Labute approximate surface area is 115 Å². The van der Waals surface area contributed by atoms with Crippen LogP contribution in [-0.4, -0.2) is 24.2 Å². The lowest BCUT2D eigenvalue weighted by atomic mass is 10.2. The summed E-state index contributed by atoms with van der Waals surface area (Å²) in [4.78, 5) is 12.8. The minimum absolute atomic E-state index is 0.122. The first kappa shape index (κ1) is 15.6. The number of rotatable bonds is 10. The predicted molar refractivity (Wildman–Crippen MR) is 76.7 cm³/mol. The molecule has 0 amide bonds. The first-order valence-electron chi connectivity index (χ1n) is 7.22. The smallest absolute Gasteiger partial charge is 0.303 e. The van der Waals surface area contributed by atoms with Crippen molar-refractivity contribution in [3.8, 4) is 0 Å². The molecule has 0 fully saturated rings. The molecule has 1 N–H and O–H groups in total. The van der Waals surface area contributed by atoms with E-state index in [1.54, 1.807) is 0 Å². The molecule has 0 bridgehead atoms. The van der Waals surface area contributed by atoms with Gasteiger partial charge >= 0.3 is 5.97 Å². The molecule has 0 aromatic carbocycles. The van der Waals surface area contributed by atoms with Crippen LogP contribution in [0.5, 0.6) is 0 Å². The summed E-state index contributed by atoms with van der Waals surface area (Å²) in [6, 6.07) is 3.85. The van der Waals surface area contributed by atoms with Crippen molar-refractivity contribution in [1.82, 2.24) is 0 Å². The van der Waals surface area contributed by atoms with Crippen molar-refractivity contribution in [2.24, 2.45) is 0 Å². The molecular formula is C15H25NO3. The number of furan rings is 1. The number of unbranched alkanes of at least 4 members (excludes halogenated alkanes) is 2. The molecule has 0 radical (unpaired) electrons. The topological polar surface area (TPSA) is 53.7 Å². The predicted octanol–water partition coefficient (Wildman–Crippen LogP) is 3.70. The van der Waals surface area contributed by atoms with Gasteiger partial charge in [0, 0.05) is 25.6 Å². The highest BCUT2D eigenvalue weighted by Gasteiger charge is 2.11. The van der Waals surface area contributed by atoms with Gasteiger partial charge in [0.2, 0.25) is 0 Å². The zero-order valence-electron chi connectivity index (χ0n) is 12.0. The second kappa shape index (κ2) is 8.62. The summed E-state index contributed by atoms with van der Waals surface area (Å²) in [6.07, 6.45) is 5.20. The van der Waals surface area contributed by atoms with Crippen molar-refractivity contribution < 1.29 is 14.3 Å². The van der Waals surface area contributed by atoms with Gasteiger partial charge in [-0.1, -0.05) is 26.7 Å². The molecule has 1 aromatic rings. The number of hydrogen-bond acceptors (Lipinski definition) is 3. The number of nitrogens with zero attached hydrogens (tertiary/aromatic N) is 1. The molecule has 4 heteroatoms. The summed E-state index contributed by atoms with van der Waals surface area (Å²) < 4.78 is 5.75. The molecule has 0 saturated carbocycles. The van der Waals surface area contributed by atoms with Gasteiger partial charge in [-0.25, -0.2) is 0 Å². The van der Waals surface area contributed by atoms with Gasteiger partial charge in [0.15, 0.2) is 5.88 Å². The Hall–Kier alpha value is -1.45. The van der Waals surface area contributed by atoms with E-state index in [1.807, 2.05) is 12.1 Å². The van der Waals surface area contributed by atoms with Gasteiger partial charge in [-0.2, -0.15) is 0 Å². The van der Waals surface area contributed by atoms with E-state index in [2.05, 4.69) is 18.7 Å². The summed E-state index contributed by atoms with van der Waals surface area (Å²) in [5.41, 5.74) is 0. The normalized spacial score (nSPS) is 10.6. The zero-order valence-corrected chi connectivity index (χ0v) is 12.0. The molecule has 4 nitrogen and oxygen atoms in total. The fourth-order valence-corrected chi connectivity index (χ4v) is 1.93. The van der Waals surface area contributed by atoms with Crippen molar-refractivity contribution in [1.29, 1.82) is 0 Å². The van der Waals surface area contributed by atoms with Crippen LogP contribution in [-0.2, 0) is 11.2 Å². The largest absolute Gasteiger partial charge is 0.481 e. The van der Waals surface area contributed by atoms with E-state index in [0.29, 0.717) is 6.42 Å². The molecule has 0 saturated heterocycles. The minimum atomic E-state index is -0.785. The third kappa shape index (κ3) is 5.81. The monoisotopic (exact) mass is 267 g/mol. The molecule has 0 aliphatic heterocycles. The van der Waals surface area contributed by atoms with E-state index in [0.717, 1.165) is 50.4 Å². The Morgan fingerprint density at radius 3 is 2.37 bits per heavy atom. The maximum atomic E-state index is 10.5. The number of aryl methyl sites for hydroxylation is 1. The number of anilines is 1. The molecule has 0 aliphatic rings. The summed E-state index contributed by atoms with van der Waals surface area (Å²) >= 11 is 0. The highest BCUT2D eigenvalue weighted by Crippen LogP contribution is 2.20. The number of aliphatic carboxylic acids is 1. The highest BCUT2D eigenvalue weighted by molar-refractivity contribution is 5.66. The van der Waals surface area contributed by atoms with Crippen molar-refractivity contribution >= 4 is 11.9 Å². The van der Waals surface area contributed by atoms with Gasteiger partial charge in [-0.05, 0) is 18.9 Å². The van der Waals surface area contributed by atoms with E-state index < -0.39 is 5.97 Å². The van der Waals surface area contributed by atoms with Crippen molar-refractivity contribution in [3.63, 3.8) is 0 Å². The third-order valence-corrected chi connectivity index (χ3v) is 3.11. The van der Waals surface area contributed by atoms with Crippen LogP contribution in [0.2, 0.25) is 0 Å². The van der Waals surface area contributed by atoms with Crippen LogP contribution < -0.4 is 4.90 Å². The molecule has 1 heterocycles. The van der Waals surface area contributed by atoms with E-state index in [1.165, 1.54) is 0 Å². The third-order valence-electron chi connectivity index (χ3n) is 3.11. The van der Waals surface area contributed by atoms with Crippen LogP contribution in [0.1, 0.15) is 51.7 Å². The van der Waals surface area contributed by atoms with Crippen LogP contribution in [0.25, 0.3) is 0 Å². The van der Waals surface area contributed by atoms with Gasteiger partial charge in [0.25, 0.3) is 0 Å². The zero-order chi connectivity index (χ0) is 14.1. The lowest BCUT2D eigenvalue weighted by Crippen LogP contribution is -2.25. The Morgan fingerprint density at radius 1 is 1.21 bits per heavy atom. The van der Waals surface area contributed by atoms with Crippen LogP contribution in [0.3, 0.4) is 0 Å². The summed E-state index contributed by atoms with van der Waals surface area (Å²) in [7, 11) is 0. The number of carbonyl (C=O) groups is 1. The molecule has 1 rings (SSSR count). The maximum Gasteiger partial charge on any atom is 0.303 e. The maximum absolute atomic E-state index is 10.5. The van der Waals surface area contributed by atoms with Gasteiger partial charge in [-0.15, -0.1) is 0 Å². The average Bonchev–Trinajstić information content (AvgIpc) is 2.85. The van der Waals surface area contributed by atoms with Crippen molar-refractivity contribution in [3.05, 3.63) is 17.9 Å². The number of carboxylic acids is 1. The van der Waals surface area contributed by atoms with Gasteiger partial charge in [0.05, 0.1) is 6.42 Å². The Kier molecular flexibility index (Phi) is 7.08. The van der Waals surface area contributed by atoms with Gasteiger partial charge < -0.3 is 14.4 Å². The molecule has 0 atom stereocenters. The lowest BCUT2D eigenvalue weighted by molar-refractivity contribution is -0.137. The van der Waals surface area contributed by atoms with E-state index >= 15 is 0 Å². The Morgan fingerprint density at radius 2 is 1.84 bits per heavy atom. The average molecular weight is 267 g/mol. The minimum Gasteiger partial charge on any atom is -0.481 e. The molecule has 19 heavy (non-hydrogen) atoms. The summed E-state index contributed by atoms with van der Waals surface area (Å²) in [5.74, 6) is 0.851. The number of hydrogen-bond donors (Lipinski definition) is 1. The Balaban J connectivity index is 2.59. The fraction of sp³-hybridized carbons (Fsp3) is 0.667. The molecule has 0 spiro atoms. The Bertz CT molecular complexity index is 365.